The first-order valence-electron chi connectivity index (χ1n) is 5.02. The number of rotatable bonds is 1. The molecule has 0 atom stereocenters. The topological polar surface area (TPSA) is 65.2 Å². The largest absolute Gasteiger partial charge is 0.462 e. The summed E-state index contributed by atoms with van der Waals surface area (Å²) in [6, 6.07) is 7.43. The number of pyridine rings is 1. The standard InChI is InChI=1S/C12H8N2O3/c1-16-12(15)11-14-8-5-4-7-3-2-6-13-9(7)10(8)17-11/h2-6H,1H3. The van der Waals surface area contributed by atoms with Gasteiger partial charge in [0.15, 0.2) is 5.58 Å². The van der Waals surface area contributed by atoms with Gasteiger partial charge in [-0.2, -0.15) is 0 Å². The predicted octanol–water partition coefficient (Wildman–Crippen LogP) is 2.16. The molecule has 0 unspecified atom stereocenters. The summed E-state index contributed by atoms with van der Waals surface area (Å²) in [6.45, 7) is 0. The molecule has 84 valence electrons. The van der Waals surface area contributed by atoms with Gasteiger partial charge in [0, 0.05) is 11.6 Å². The van der Waals surface area contributed by atoms with E-state index >= 15 is 0 Å². The van der Waals surface area contributed by atoms with Crippen molar-refractivity contribution in [2.24, 2.45) is 0 Å². The van der Waals surface area contributed by atoms with Gasteiger partial charge in [-0.1, -0.05) is 12.1 Å². The van der Waals surface area contributed by atoms with Gasteiger partial charge < -0.3 is 9.15 Å². The first-order valence-corrected chi connectivity index (χ1v) is 5.02. The predicted molar refractivity (Wildman–Crippen MR) is 60.6 cm³/mol. The van der Waals surface area contributed by atoms with Crippen LogP contribution in [0.2, 0.25) is 0 Å². The van der Waals surface area contributed by atoms with Crippen LogP contribution in [0.5, 0.6) is 0 Å². The van der Waals surface area contributed by atoms with E-state index in [2.05, 4.69) is 14.7 Å². The molecule has 0 aliphatic carbocycles. The number of hydrogen-bond donors (Lipinski definition) is 0. The maximum absolute atomic E-state index is 11.3. The van der Waals surface area contributed by atoms with Gasteiger partial charge in [0.2, 0.25) is 0 Å². The highest BCUT2D eigenvalue weighted by Gasteiger charge is 2.16. The summed E-state index contributed by atoms with van der Waals surface area (Å²) in [5.41, 5.74) is 1.78. The fourth-order valence-electron chi connectivity index (χ4n) is 1.70. The molecule has 0 bridgehead atoms. The van der Waals surface area contributed by atoms with Gasteiger partial charge in [-0.25, -0.2) is 9.78 Å². The number of ether oxygens (including phenoxy) is 1. The van der Waals surface area contributed by atoms with Crippen LogP contribution in [0.15, 0.2) is 34.9 Å². The Morgan fingerprint density at radius 1 is 1.35 bits per heavy atom. The van der Waals surface area contributed by atoms with Crippen molar-refractivity contribution < 1.29 is 13.9 Å². The van der Waals surface area contributed by atoms with Crippen molar-refractivity contribution >= 4 is 28.0 Å². The summed E-state index contributed by atoms with van der Waals surface area (Å²) in [6.07, 6.45) is 1.67. The van der Waals surface area contributed by atoms with Crippen molar-refractivity contribution in [3.8, 4) is 0 Å². The van der Waals surface area contributed by atoms with Crippen LogP contribution in [0, 0.1) is 0 Å². The molecule has 17 heavy (non-hydrogen) atoms. The van der Waals surface area contributed by atoms with Gasteiger partial charge in [0.25, 0.3) is 0 Å². The highest BCUT2D eigenvalue weighted by molar-refractivity contribution is 6.01. The summed E-state index contributed by atoms with van der Waals surface area (Å²) < 4.78 is 9.95. The first-order chi connectivity index (χ1) is 8.29. The SMILES string of the molecule is COC(=O)c1nc2ccc3cccnc3c2o1. The van der Waals surface area contributed by atoms with E-state index < -0.39 is 5.97 Å². The lowest BCUT2D eigenvalue weighted by Gasteiger charge is -1.94. The van der Waals surface area contributed by atoms with Crippen molar-refractivity contribution in [3.05, 3.63) is 36.4 Å². The van der Waals surface area contributed by atoms with Crippen molar-refractivity contribution in [2.75, 3.05) is 7.11 Å². The lowest BCUT2D eigenvalue weighted by Crippen LogP contribution is -2.00. The zero-order valence-corrected chi connectivity index (χ0v) is 9.01. The van der Waals surface area contributed by atoms with Crippen molar-refractivity contribution in [3.63, 3.8) is 0 Å². The molecular formula is C12H8N2O3. The molecule has 1 aromatic carbocycles. The van der Waals surface area contributed by atoms with Crippen LogP contribution in [0.1, 0.15) is 10.7 Å². The Bertz CT molecular complexity index is 718. The quantitative estimate of drug-likeness (QED) is 0.597. The number of fused-ring (bicyclic) bond motifs is 3. The van der Waals surface area contributed by atoms with E-state index in [4.69, 9.17) is 4.42 Å². The normalized spacial score (nSPS) is 10.9. The number of methoxy groups -OCH3 is 1. The number of aromatic nitrogens is 2. The number of nitrogens with zero attached hydrogens (tertiary/aromatic N) is 2. The maximum Gasteiger partial charge on any atom is 0.394 e. The fraction of sp³-hybridized carbons (Fsp3) is 0.0833. The van der Waals surface area contributed by atoms with Gasteiger partial charge in [-0.3, -0.25) is 4.98 Å². The Kier molecular flexibility index (Phi) is 2.04. The molecule has 0 aliphatic heterocycles. The lowest BCUT2D eigenvalue weighted by molar-refractivity contribution is 0.0559. The van der Waals surface area contributed by atoms with Gasteiger partial charge in [0.05, 0.1) is 7.11 Å². The highest BCUT2D eigenvalue weighted by Crippen LogP contribution is 2.24. The molecule has 0 spiro atoms. The molecule has 0 N–H and O–H groups in total. The molecule has 5 nitrogen and oxygen atoms in total. The summed E-state index contributed by atoms with van der Waals surface area (Å²) in [5, 5.41) is 0.938. The van der Waals surface area contributed by atoms with Crippen LogP contribution in [0.4, 0.5) is 0 Å². The molecule has 3 rings (SSSR count). The smallest absolute Gasteiger partial charge is 0.394 e. The van der Waals surface area contributed by atoms with Crippen LogP contribution < -0.4 is 0 Å². The zero-order chi connectivity index (χ0) is 11.8. The molecule has 0 saturated carbocycles. The Morgan fingerprint density at radius 2 is 2.24 bits per heavy atom. The van der Waals surface area contributed by atoms with Gasteiger partial charge in [-0.05, 0) is 12.1 Å². The van der Waals surface area contributed by atoms with Crippen LogP contribution >= 0.6 is 0 Å². The average Bonchev–Trinajstić information content (AvgIpc) is 2.82. The third kappa shape index (κ3) is 1.44. The maximum atomic E-state index is 11.3. The van der Waals surface area contributed by atoms with E-state index in [9.17, 15) is 4.79 Å². The number of benzene rings is 1. The van der Waals surface area contributed by atoms with Crippen molar-refractivity contribution in [2.45, 2.75) is 0 Å². The number of oxazole rings is 1. The molecule has 0 amide bonds. The third-order valence-electron chi connectivity index (χ3n) is 2.49. The Morgan fingerprint density at radius 3 is 3.06 bits per heavy atom. The summed E-state index contributed by atoms with van der Waals surface area (Å²) in [5.74, 6) is -0.647. The highest BCUT2D eigenvalue weighted by atomic mass is 16.5. The molecule has 0 fully saturated rings. The molecule has 0 aliphatic rings. The second-order valence-electron chi connectivity index (χ2n) is 3.50. The summed E-state index contributed by atoms with van der Waals surface area (Å²) in [7, 11) is 1.29. The molecule has 0 saturated heterocycles. The Hall–Kier alpha value is -2.43. The number of carbonyl (C=O) groups is 1. The van der Waals surface area contributed by atoms with Gasteiger partial charge >= 0.3 is 11.9 Å². The minimum atomic E-state index is -0.592. The third-order valence-corrected chi connectivity index (χ3v) is 2.49. The van der Waals surface area contributed by atoms with Crippen molar-refractivity contribution in [1.82, 2.24) is 9.97 Å². The molecule has 0 radical (unpaired) electrons. The van der Waals surface area contributed by atoms with Crippen LogP contribution in [-0.2, 0) is 4.74 Å². The van der Waals surface area contributed by atoms with Gasteiger partial charge in [-0.15, -0.1) is 0 Å². The number of carbonyl (C=O) groups excluding carboxylic acids is 1. The summed E-state index contributed by atoms with van der Waals surface area (Å²) in [4.78, 5) is 19.6. The molecule has 3 aromatic rings. The second kappa shape index (κ2) is 3.55. The fourth-order valence-corrected chi connectivity index (χ4v) is 1.70. The van der Waals surface area contributed by atoms with E-state index in [0.29, 0.717) is 16.6 Å². The minimum absolute atomic E-state index is 0.0550. The lowest BCUT2D eigenvalue weighted by atomic mass is 10.2. The van der Waals surface area contributed by atoms with E-state index in [0.717, 1.165) is 5.39 Å². The Labute approximate surface area is 96.0 Å². The van der Waals surface area contributed by atoms with E-state index in [-0.39, 0.29) is 5.89 Å². The number of hydrogen-bond acceptors (Lipinski definition) is 5. The molecule has 2 aromatic heterocycles. The first kappa shape index (κ1) is 9.77. The molecular weight excluding hydrogens is 220 g/mol. The van der Waals surface area contributed by atoms with Crippen LogP contribution in [0.3, 0.4) is 0 Å². The van der Waals surface area contributed by atoms with Gasteiger partial charge in [0.1, 0.15) is 11.0 Å². The monoisotopic (exact) mass is 228 g/mol. The van der Waals surface area contributed by atoms with E-state index in [1.165, 1.54) is 7.11 Å². The second-order valence-corrected chi connectivity index (χ2v) is 3.50. The van der Waals surface area contributed by atoms with E-state index in [1.807, 2.05) is 18.2 Å². The number of esters is 1. The van der Waals surface area contributed by atoms with Crippen LogP contribution in [0.25, 0.3) is 22.0 Å². The minimum Gasteiger partial charge on any atom is -0.462 e. The van der Waals surface area contributed by atoms with Crippen LogP contribution in [-0.4, -0.2) is 23.0 Å². The van der Waals surface area contributed by atoms with Crippen molar-refractivity contribution in [1.29, 1.82) is 0 Å². The summed E-state index contributed by atoms with van der Waals surface area (Å²) >= 11 is 0. The zero-order valence-electron chi connectivity index (χ0n) is 9.01. The Balaban J connectivity index is 2.35. The molecule has 2 heterocycles. The van der Waals surface area contributed by atoms with E-state index in [1.54, 1.807) is 12.3 Å². The molecule has 5 heteroatoms. The average molecular weight is 228 g/mol.